The van der Waals surface area contributed by atoms with Crippen LogP contribution in [0.1, 0.15) is 0 Å². The van der Waals surface area contributed by atoms with E-state index in [0.29, 0.717) is 16.5 Å². The van der Waals surface area contributed by atoms with Crippen molar-refractivity contribution in [1.29, 1.82) is 0 Å². The first-order valence-electron chi connectivity index (χ1n) is 9.71. The van der Waals surface area contributed by atoms with Gasteiger partial charge in [-0.25, -0.2) is 19.2 Å². The van der Waals surface area contributed by atoms with E-state index in [0.717, 1.165) is 16.8 Å². The van der Waals surface area contributed by atoms with E-state index in [1.54, 1.807) is 0 Å². The number of aliphatic carboxylic acids is 1. The summed E-state index contributed by atoms with van der Waals surface area (Å²) in [6.45, 7) is 0.168. The van der Waals surface area contributed by atoms with Crippen molar-refractivity contribution in [3.05, 3.63) is 11.3 Å². The summed E-state index contributed by atoms with van der Waals surface area (Å²) in [5, 5.41) is 27.1. The van der Waals surface area contributed by atoms with Crippen LogP contribution in [0.4, 0.5) is 0 Å². The van der Waals surface area contributed by atoms with Crippen molar-refractivity contribution >= 4 is 64.5 Å². The van der Waals surface area contributed by atoms with Gasteiger partial charge < -0.3 is 15.3 Å². The van der Waals surface area contributed by atoms with Crippen LogP contribution >= 0.6 is 35.5 Å². The molecule has 5 N–H and O–H groups in total. The summed E-state index contributed by atoms with van der Waals surface area (Å²) in [7, 11) is 1.24. The van der Waals surface area contributed by atoms with Gasteiger partial charge in [-0.2, -0.15) is 0 Å². The van der Waals surface area contributed by atoms with Crippen LogP contribution < -0.4 is 15.8 Å². The van der Waals surface area contributed by atoms with E-state index in [-0.39, 0.29) is 23.7 Å². The molecule has 1 fully saturated rings. The second kappa shape index (κ2) is 10.2. The summed E-state index contributed by atoms with van der Waals surface area (Å²) < 4.78 is 4.14. The number of hydrogen-bond donors (Lipinski definition) is 4. The molecule has 184 valence electrons. The van der Waals surface area contributed by atoms with Crippen LogP contribution in [0.25, 0.3) is 0 Å². The number of nitrogens with two attached hydrogens (primary N) is 1. The number of thioether (sulfide) groups is 2. The Morgan fingerprint density at radius 3 is 3.03 bits per heavy atom. The number of rotatable bonds is 9. The predicted molar refractivity (Wildman–Crippen MR) is 128 cm³/mol. The number of nitrogens with one attached hydrogen (secondary N) is 2. The van der Waals surface area contributed by atoms with Gasteiger partial charge in [0.25, 0.3) is 11.8 Å². The number of hydrogen-bond acceptors (Lipinski definition) is 14. The SMILES string of the molecule is C#CCn1nnnc1SCC1=C(C(=O)O)N2C(=O)C(NC(=O)/C(=N/OC)C3(N)N=CSN3)[C@H]2SC1. The minimum Gasteiger partial charge on any atom is -0.477 e. The van der Waals surface area contributed by atoms with Crippen molar-refractivity contribution in [3.8, 4) is 12.3 Å². The Morgan fingerprint density at radius 2 is 2.37 bits per heavy atom. The molecular weight excluding hydrogens is 520 g/mol. The van der Waals surface area contributed by atoms with E-state index in [1.165, 1.54) is 40.9 Å². The number of carbonyl (C=O) groups is 3. The molecule has 2 unspecified atom stereocenters. The first kappa shape index (κ1) is 25.0. The number of carboxylic acid groups (broad SMARTS) is 1. The van der Waals surface area contributed by atoms with E-state index in [1.807, 2.05) is 0 Å². The quantitative estimate of drug-likeness (QED) is 0.0674. The minimum atomic E-state index is -1.64. The summed E-state index contributed by atoms with van der Waals surface area (Å²) in [6, 6.07) is -0.984. The lowest BCUT2D eigenvalue weighted by Crippen LogP contribution is -2.72. The third-order valence-electron chi connectivity index (χ3n) is 4.93. The van der Waals surface area contributed by atoms with Crippen LogP contribution in [-0.2, 0) is 25.8 Å². The number of β-lactam (4-membered cyclic amide) rings is 1. The summed E-state index contributed by atoms with van der Waals surface area (Å²) in [6.07, 6.45) is 5.30. The van der Waals surface area contributed by atoms with E-state index in [4.69, 9.17) is 17.0 Å². The summed E-state index contributed by atoms with van der Waals surface area (Å²) in [5.74, 6) is -1.26. The third kappa shape index (κ3) is 4.72. The maximum absolute atomic E-state index is 12.9. The molecule has 0 bridgehead atoms. The topological polar surface area (TPSA) is 202 Å². The van der Waals surface area contributed by atoms with Gasteiger partial charge in [-0.05, 0) is 27.9 Å². The number of carbonyl (C=O) groups excluding carboxylic acids is 2. The highest BCUT2D eigenvalue weighted by Crippen LogP contribution is 2.41. The van der Waals surface area contributed by atoms with Crippen LogP contribution in [0.15, 0.2) is 26.6 Å². The zero-order valence-electron chi connectivity index (χ0n) is 17.9. The van der Waals surface area contributed by atoms with Gasteiger partial charge in [0.15, 0.2) is 0 Å². The Hall–Kier alpha value is -3.11. The number of terminal acetylenes is 1. The number of carboxylic acids is 1. The van der Waals surface area contributed by atoms with Crippen molar-refractivity contribution in [1.82, 2.24) is 35.1 Å². The van der Waals surface area contributed by atoms with E-state index in [9.17, 15) is 19.5 Å². The lowest BCUT2D eigenvalue weighted by atomic mass is 10.0. The Balaban J connectivity index is 1.48. The highest BCUT2D eigenvalue weighted by Gasteiger charge is 2.55. The molecule has 0 aliphatic carbocycles. The Kier molecular flexibility index (Phi) is 7.32. The molecule has 18 heteroatoms. The average molecular weight is 539 g/mol. The number of oxime groups is 1. The molecular formula is C17H18N10O5S3. The molecule has 1 aromatic heterocycles. The second-order valence-electron chi connectivity index (χ2n) is 7.07. The molecule has 1 saturated heterocycles. The monoisotopic (exact) mass is 538 g/mol. The number of aromatic nitrogens is 4. The molecule has 3 aliphatic rings. The fourth-order valence-corrected chi connectivity index (χ4v) is 6.34. The summed E-state index contributed by atoms with van der Waals surface area (Å²) in [5.41, 5.74) is 7.56. The molecule has 2 amide bonds. The second-order valence-corrected chi connectivity index (χ2v) is 9.77. The molecule has 0 saturated carbocycles. The van der Waals surface area contributed by atoms with Crippen LogP contribution in [0.2, 0.25) is 0 Å². The third-order valence-corrected chi connectivity index (χ3v) is 7.96. The van der Waals surface area contributed by atoms with Crippen LogP contribution in [0.3, 0.4) is 0 Å². The lowest BCUT2D eigenvalue weighted by Gasteiger charge is -2.49. The highest BCUT2D eigenvalue weighted by molar-refractivity contribution is 8.10. The van der Waals surface area contributed by atoms with Crippen molar-refractivity contribution in [3.63, 3.8) is 0 Å². The van der Waals surface area contributed by atoms with Crippen molar-refractivity contribution in [2.45, 2.75) is 28.9 Å². The van der Waals surface area contributed by atoms with Crippen molar-refractivity contribution in [2.24, 2.45) is 15.9 Å². The van der Waals surface area contributed by atoms with Crippen LogP contribution in [-0.4, -0.2) is 95.1 Å². The maximum Gasteiger partial charge on any atom is 0.352 e. The van der Waals surface area contributed by atoms with E-state index >= 15 is 0 Å². The standard InChI is InChI=1S/C17H18N10O5S3/c1-3-4-26-16(21-24-25-26)34-6-8-5-33-14-9(13(29)27(14)10(8)15(30)31)20-12(28)11(22-32-2)17(18)19-7-35-23-17/h1,7,9,14,23H,4-6,18H2,2H3,(H,20,28)(H,30,31)/b22-11-/t9?,14-,17?/m1/s1. The number of tetrazole rings is 1. The minimum absolute atomic E-state index is 0.132. The predicted octanol–water partition coefficient (Wildman–Crippen LogP) is -1.97. The number of nitrogens with zero attached hydrogens (tertiary/aromatic N) is 7. The maximum atomic E-state index is 12.9. The van der Waals surface area contributed by atoms with Gasteiger partial charge in [-0.3, -0.25) is 20.2 Å². The molecule has 35 heavy (non-hydrogen) atoms. The van der Waals surface area contributed by atoms with Gasteiger partial charge in [0.05, 0.1) is 5.55 Å². The van der Waals surface area contributed by atoms with Gasteiger partial charge in [0.1, 0.15) is 30.8 Å². The van der Waals surface area contributed by atoms with Gasteiger partial charge in [0.2, 0.25) is 16.7 Å². The summed E-state index contributed by atoms with van der Waals surface area (Å²) in [4.78, 5) is 47.7. The summed E-state index contributed by atoms with van der Waals surface area (Å²) >= 11 is 3.59. The zero-order chi connectivity index (χ0) is 25.2. The molecule has 3 atom stereocenters. The largest absolute Gasteiger partial charge is 0.477 e. The van der Waals surface area contributed by atoms with Gasteiger partial charge in [-0.15, -0.1) is 23.3 Å². The van der Waals surface area contributed by atoms with Crippen LogP contribution in [0, 0.1) is 12.3 Å². The molecule has 4 heterocycles. The molecule has 0 spiro atoms. The molecule has 0 radical (unpaired) electrons. The molecule has 15 nitrogen and oxygen atoms in total. The Morgan fingerprint density at radius 1 is 1.57 bits per heavy atom. The smallest absolute Gasteiger partial charge is 0.352 e. The lowest BCUT2D eigenvalue weighted by molar-refractivity contribution is -0.150. The average Bonchev–Trinajstić information content (AvgIpc) is 3.48. The van der Waals surface area contributed by atoms with Gasteiger partial charge in [0, 0.05) is 11.5 Å². The number of amides is 2. The van der Waals surface area contributed by atoms with E-state index < -0.39 is 35.0 Å². The first-order valence-corrected chi connectivity index (χ1v) is 12.6. The zero-order valence-corrected chi connectivity index (χ0v) is 20.4. The first-order chi connectivity index (χ1) is 16.8. The molecule has 0 aromatic carbocycles. The van der Waals surface area contributed by atoms with Crippen molar-refractivity contribution < 1.29 is 24.3 Å². The fraction of sp³-hybridized carbons (Fsp3) is 0.412. The van der Waals surface area contributed by atoms with Gasteiger partial charge >= 0.3 is 5.97 Å². The molecule has 1 aromatic rings. The van der Waals surface area contributed by atoms with E-state index in [2.05, 4.69) is 41.6 Å². The van der Waals surface area contributed by atoms with Crippen LogP contribution in [0.5, 0.6) is 0 Å². The fourth-order valence-electron chi connectivity index (χ4n) is 3.38. The van der Waals surface area contributed by atoms with Crippen molar-refractivity contribution in [2.75, 3.05) is 18.6 Å². The number of aliphatic imine (C=N–C) groups is 1. The number of fused-ring (bicyclic) bond motifs is 1. The normalized spacial score (nSPS) is 25.7. The highest BCUT2D eigenvalue weighted by atomic mass is 32.2. The Bertz CT molecular complexity index is 1190. The molecule has 3 aliphatic heterocycles. The Labute approximate surface area is 210 Å². The van der Waals surface area contributed by atoms with Gasteiger partial charge in [-0.1, -0.05) is 22.8 Å². The molecule has 4 rings (SSSR count).